The summed E-state index contributed by atoms with van der Waals surface area (Å²) in [4.78, 5) is 2.45. The van der Waals surface area contributed by atoms with E-state index >= 15 is 0 Å². The van der Waals surface area contributed by atoms with Crippen molar-refractivity contribution in [1.29, 1.82) is 0 Å². The highest BCUT2D eigenvalue weighted by molar-refractivity contribution is 6.50. The molecule has 0 N–H and O–H groups in total. The fraction of sp³-hybridized carbons (Fsp3) is 0.296. The van der Waals surface area contributed by atoms with Crippen LogP contribution in [0.3, 0.4) is 0 Å². The van der Waals surface area contributed by atoms with Crippen molar-refractivity contribution in [3.8, 4) is 22.6 Å². The number of rotatable bonds is 6. The van der Waals surface area contributed by atoms with Crippen LogP contribution in [-0.2, 0) is 6.54 Å². The Morgan fingerprint density at radius 2 is 1.28 bits per heavy atom. The summed E-state index contributed by atoms with van der Waals surface area (Å²) in [6, 6.07) is 19.4. The molecule has 0 atom stereocenters. The average Bonchev–Trinajstić information content (AvgIpc) is 2.85. The van der Waals surface area contributed by atoms with E-state index in [1.54, 1.807) is 14.2 Å². The predicted octanol–water partition coefficient (Wildman–Crippen LogP) is 7.54. The molecule has 4 nitrogen and oxygen atoms in total. The van der Waals surface area contributed by atoms with E-state index in [1.807, 2.05) is 0 Å². The monoisotopic (exact) mass is 500 g/mol. The van der Waals surface area contributed by atoms with E-state index in [0.29, 0.717) is 0 Å². The Hall–Kier alpha value is -3.49. The third kappa shape index (κ3) is 4.54. The molecule has 0 unspecified atom stereocenters. The minimum atomic E-state index is -6.00. The van der Waals surface area contributed by atoms with Gasteiger partial charge >= 0.3 is 7.25 Å². The highest BCUT2D eigenvalue weighted by Crippen LogP contribution is 2.54. The molecule has 9 heteroatoms. The molecular weight excluding hydrogens is 471 g/mol. The van der Waals surface area contributed by atoms with Crippen molar-refractivity contribution in [3.05, 3.63) is 54.6 Å². The van der Waals surface area contributed by atoms with Gasteiger partial charge in [0.1, 0.15) is 18.0 Å². The van der Waals surface area contributed by atoms with E-state index in [0.717, 1.165) is 48.4 Å². The summed E-state index contributed by atoms with van der Waals surface area (Å²) < 4.78 is 53.3. The molecule has 0 aliphatic carbocycles. The molecule has 4 aromatic rings. The lowest BCUT2D eigenvalue weighted by molar-refractivity contribution is -0.645. The molecule has 3 aromatic carbocycles. The van der Waals surface area contributed by atoms with Crippen LogP contribution in [0.4, 0.5) is 28.6 Å². The summed E-state index contributed by atoms with van der Waals surface area (Å²) in [6.45, 7) is 6.37. The number of nitrogens with zero attached hydrogens (tertiary/aromatic N) is 2. The third-order valence-corrected chi connectivity index (χ3v) is 6.28. The second-order valence-corrected chi connectivity index (χ2v) is 8.55. The zero-order valence-electron chi connectivity index (χ0n) is 20.8. The van der Waals surface area contributed by atoms with Crippen molar-refractivity contribution < 1.29 is 31.3 Å². The van der Waals surface area contributed by atoms with Crippen LogP contribution in [0, 0.1) is 0 Å². The van der Waals surface area contributed by atoms with Crippen LogP contribution < -0.4 is 18.9 Å². The van der Waals surface area contributed by atoms with Gasteiger partial charge in [-0.25, -0.2) is 0 Å². The molecule has 0 amide bonds. The molecular formula is C27H29BF4N2O2. The van der Waals surface area contributed by atoms with Gasteiger partial charge in [-0.05, 0) is 30.7 Å². The molecule has 1 aliphatic rings. The highest BCUT2D eigenvalue weighted by Gasteiger charge is 2.34. The first-order chi connectivity index (χ1) is 17.2. The molecule has 1 aromatic heterocycles. The first kappa shape index (κ1) is 25.6. The van der Waals surface area contributed by atoms with Gasteiger partial charge in [0.05, 0.1) is 36.4 Å². The van der Waals surface area contributed by atoms with Gasteiger partial charge < -0.3 is 31.6 Å². The number of pyridine rings is 1. The zero-order valence-corrected chi connectivity index (χ0v) is 20.8. The smallest absolute Gasteiger partial charge is 0.496 e. The Balaban J connectivity index is 0.000000556. The quantitative estimate of drug-likeness (QED) is 0.118. The molecule has 1 aliphatic heterocycles. The Labute approximate surface area is 208 Å². The van der Waals surface area contributed by atoms with Gasteiger partial charge in [-0.1, -0.05) is 32.0 Å². The van der Waals surface area contributed by atoms with E-state index in [4.69, 9.17) is 9.47 Å². The van der Waals surface area contributed by atoms with Crippen molar-refractivity contribution in [3.63, 3.8) is 0 Å². The largest absolute Gasteiger partial charge is 0.673 e. The Kier molecular flexibility index (Phi) is 7.29. The van der Waals surface area contributed by atoms with Crippen molar-refractivity contribution in [1.82, 2.24) is 0 Å². The van der Waals surface area contributed by atoms with Crippen LogP contribution in [0.1, 0.15) is 26.7 Å². The molecule has 0 radical (unpaired) electrons. The summed E-state index contributed by atoms with van der Waals surface area (Å²) in [5.41, 5.74) is 7.27. The van der Waals surface area contributed by atoms with Crippen LogP contribution in [0.2, 0.25) is 0 Å². The van der Waals surface area contributed by atoms with Crippen molar-refractivity contribution >= 4 is 40.4 Å². The van der Waals surface area contributed by atoms with E-state index < -0.39 is 7.25 Å². The van der Waals surface area contributed by atoms with Gasteiger partial charge in [0.15, 0.2) is 0 Å². The second-order valence-electron chi connectivity index (χ2n) is 8.55. The topological polar surface area (TPSA) is 25.6 Å². The lowest BCUT2D eigenvalue weighted by atomic mass is 9.88. The van der Waals surface area contributed by atoms with Crippen molar-refractivity contribution in [2.24, 2.45) is 0 Å². The number of hydrogen-bond donors (Lipinski definition) is 0. The number of halogens is 4. The standard InChI is InChI=1S/C27H29N2O2.BF4/c1-5-16-28-18-10-7-11-19-24(18)27(25-20(28)12-8-14-22(25)30-3)26-21(29(19)17-6-2)13-9-15-23(26)31-4;2-1(3,4)5/h7-15H,5-6,16-17H2,1-4H3;/q+1;-1. The predicted molar refractivity (Wildman–Crippen MR) is 138 cm³/mol. The number of aryl methyl sites for hydroxylation is 1. The highest BCUT2D eigenvalue weighted by atomic mass is 19.5. The number of aromatic nitrogens is 1. The minimum absolute atomic E-state index is 0.898. The first-order valence-electron chi connectivity index (χ1n) is 12.0. The fourth-order valence-electron chi connectivity index (χ4n) is 5.13. The molecule has 190 valence electrons. The van der Waals surface area contributed by atoms with E-state index in [2.05, 4.69) is 77.9 Å². The molecule has 36 heavy (non-hydrogen) atoms. The summed E-state index contributed by atoms with van der Waals surface area (Å²) in [7, 11) is -2.48. The van der Waals surface area contributed by atoms with Gasteiger partial charge in [-0.15, -0.1) is 0 Å². The molecule has 0 spiro atoms. The summed E-state index contributed by atoms with van der Waals surface area (Å²) in [5, 5.41) is 2.43. The molecule has 0 saturated carbocycles. The van der Waals surface area contributed by atoms with Crippen LogP contribution in [-0.4, -0.2) is 28.0 Å². The molecule has 0 saturated heterocycles. The third-order valence-electron chi connectivity index (χ3n) is 6.28. The van der Waals surface area contributed by atoms with Gasteiger partial charge in [-0.3, -0.25) is 0 Å². The first-order valence-corrected chi connectivity index (χ1v) is 12.0. The van der Waals surface area contributed by atoms with Gasteiger partial charge in [-0.2, -0.15) is 4.57 Å². The Morgan fingerprint density at radius 1 is 0.722 bits per heavy atom. The number of methoxy groups -OCH3 is 2. The van der Waals surface area contributed by atoms with E-state index in [-0.39, 0.29) is 0 Å². The second kappa shape index (κ2) is 10.2. The Bertz CT molecular complexity index is 1400. The van der Waals surface area contributed by atoms with Gasteiger partial charge in [0.2, 0.25) is 11.0 Å². The SMILES string of the molecule is CCCN1c2cccc(OC)c2-c2c3c(OC)cccc3[n+](CCC)c3cccc1c23.F[B-](F)(F)F. The zero-order chi connectivity index (χ0) is 26.0. The maximum absolute atomic E-state index is 9.75. The normalized spacial score (nSPS) is 12.3. The molecule has 0 fully saturated rings. The van der Waals surface area contributed by atoms with Crippen molar-refractivity contribution in [2.75, 3.05) is 25.7 Å². The minimum Gasteiger partial charge on any atom is -0.496 e. The number of hydrogen-bond acceptors (Lipinski definition) is 3. The lowest BCUT2D eigenvalue weighted by Crippen LogP contribution is -2.36. The maximum Gasteiger partial charge on any atom is 0.673 e. The number of fused-ring (bicyclic) bond motifs is 4. The summed E-state index contributed by atoms with van der Waals surface area (Å²) in [6.07, 6.45) is 2.13. The van der Waals surface area contributed by atoms with Crippen LogP contribution in [0.5, 0.6) is 11.5 Å². The number of anilines is 2. The van der Waals surface area contributed by atoms with Gasteiger partial charge in [0, 0.05) is 36.2 Å². The van der Waals surface area contributed by atoms with Crippen LogP contribution in [0.25, 0.3) is 32.9 Å². The fourth-order valence-corrected chi connectivity index (χ4v) is 5.13. The maximum atomic E-state index is 9.75. The summed E-state index contributed by atoms with van der Waals surface area (Å²) in [5.74, 6) is 1.80. The van der Waals surface area contributed by atoms with E-state index in [1.165, 1.54) is 33.4 Å². The van der Waals surface area contributed by atoms with Crippen LogP contribution in [0.15, 0.2) is 54.6 Å². The molecule has 2 heterocycles. The summed E-state index contributed by atoms with van der Waals surface area (Å²) >= 11 is 0. The van der Waals surface area contributed by atoms with Gasteiger partial charge in [0.25, 0.3) is 0 Å². The number of benzene rings is 3. The van der Waals surface area contributed by atoms with Crippen molar-refractivity contribution in [2.45, 2.75) is 33.2 Å². The number of ether oxygens (including phenoxy) is 2. The Morgan fingerprint density at radius 3 is 1.89 bits per heavy atom. The molecule has 5 rings (SSSR count). The van der Waals surface area contributed by atoms with E-state index in [9.17, 15) is 17.3 Å². The van der Waals surface area contributed by atoms with Crippen LogP contribution >= 0.6 is 0 Å². The average molecular weight is 500 g/mol. The lowest BCUT2D eigenvalue weighted by Gasteiger charge is -2.34. The molecule has 0 bridgehead atoms.